The fourth-order valence-corrected chi connectivity index (χ4v) is 4.03. The van der Waals surface area contributed by atoms with Gasteiger partial charge in [0.2, 0.25) is 5.95 Å². The van der Waals surface area contributed by atoms with Crippen molar-refractivity contribution in [2.75, 3.05) is 36.9 Å². The highest BCUT2D eigenvalue weighted by Crippen LogP contribution is 2.31. The molecule has 0 atom stereocenters. The van der Waals surface area contributed by atoms with E-state index in [0.29, 0.717) is 28.4 Å². The van der Waals surface area contributed by atoms with Crippen molar-refractivity contribution in [2.45, 2.75) is 26.7 Å². The minimum absolute atomic E-state index is 0.481. The average molecular weight is 472 g/mol. The van der Waals surface area contributed by atoms with Crippen LogP contribution in [0.15, 0.2) is 42.6 Å². The summed E-state index contributed by atoms with van der Waals surface area (Å²) in [6, 6.07) is 11.5. The number of aromatic nitrogens is 2. The Morgan fingerprint density at radius 2 is 1.81 bits per heavy atom. The summed E-state index contributed by atoms with van der Waals surface area (Å²) in [5.74, 6) is 1.97. The largest absolute Gasteiger partial charge is 0.492 e. The molecule has 2 aromatic carbocycles. The third-order valence-electron chi connectivity index (χ3n) is 5.44. The molecule has 4 rings (SSSR count). The molecule has 0 spiro atoms. The molecule has 2 heterocycles. The number of anilines is 4. The maximum atomic E-state index is 6.35. The smallest absolute Gasteiger partial charge is 0.229 e. The van der Waals surface area contributed by atoms with Crippen LogP contribution in [-0.2, 0) is 0 Å². The molecule has 0 saturated carbocycles. The van der Waals surface area contributed by atoms with E-state index in [0.717, 1.165) is 34.8 Å². The van der Waals surface area contributed by atoms with Gasteiger partial charge in [-0.15, -0.1) is 0 Å². The number of halogens is 2. The molecule has 1 aliphatic heterocycles. The lowest BCUT2D eigenvalue weighted by Crippen LogP contribution is -2.25. The Hall–Kier alpha value is -2.54. The van der Waals surface area contributed by atoms with Gasteiger partial charge < -0.3 is 15.4 Å². The van der Waals surface area contributed by atoms with Crippen molar-refractivity contribution in [1.82, 2.24) is 14.9 Å². The highest BCUT2D eigenvalue weighted by atomic mass is 35.5. The van der Waals surface area contributed by atoms with Crippen LogP contribution in [0.5, 0.6) is 5.75 Å². The number of aryl methyl sites for hydroxylation is 2. The zero-order chi connectivity index (χ0) is 22.5. The lowest BCUT2D eigenvalue weighted by atomic mass is 10.2. The Labute approximate surface area is 198 Å². The van der Waals surface area contributed by atoms with E-state index in [1.54, 1.807) is 12.3 Å². The van der Waals surface area contributed by atoms with E-state index in [-0.39, 0.29) is 0 Å². The first kappa shape index (κ1) is 22.6. The van der Waals surface area contributed by atoms with Gasteiger partial charge in [0.1, 0.15) is 18.2 Å². The number of likely N-dealkylation sites (tertiary alicyclic amines) is 1. The summed E-state index contributed by atoms with van der Waals surface area (Å²) >= 11 is 12.5. The third kappa shape index (κ3) is 5.82. The number of rotatable bonds is 8. The zero-order valence-corrected chi connectivity index (χ0v) is 19.8. The van der Waals surface area contributed by atoms with Gasteiger partial charge >= 0.3 is 0 Å². The van der Waals surface area contributed by atoms with Gasteiger partial charge in [-0.25, -0.2) is 4.98 Å². The van der Waals surface area contributed by atoms with Crippen LogP contribution in [0, 0.1) is 13.8 Å². The van der Waals surface area contributed by atoms with Crippen LogP contribution in [0.3, 0.4) is 0 Å². The molecule has 1 saturated heterocycles. The monoisotopic (exact) mass is 471 g/mol. The molecule has 1 fully saturated rings. The van der Waals surface area contributed by atoms with Crippen LogP contribution in [0.1, 0.15) is 24.0 Å². The summed E-state index contributed by atoms with van der Waals surface area (Å²) < 4.78 is 5.94. The lowest BCUT2D eigenvalue weighted by Gasteiger charge is -2.15. The summed E-state index contributed by atoms with van der Waals surface area (Å²) in [7, 11) is 0. The minimum Gasteiger partial charge on any atom is -0.492 e. The molecule has 0 amide bonds. The molecule has 6 nitrogen and oxygen atoms in total. The summed E-state index contributed by atoms with van der Waals surface area (Å²) in [6.45, 7) is 7.86. The van der Waals surface area contributed by atoms with Crippen LogP contribution in [-0.4, -0.2) is 41.1 Å². The second-order valence-corrected chi connectivity index (χ2v) is 8.80. The van der Waals surface area contributed by atoms with Gasteiger partial charge in [-0.05, 0) is 69.6 Å². The molecule has 1 aliphatic rings. The zero-order valence-electron chi connectivity index (χ0n) is 18.3. The summed E-state index contributed by atoms with van der Waals surface area (Å²) in [5, 5.41) is 7.71. The first-order chi connectivity index (χ1) is 15.5. The Kier molecular flexibility index (Phi) is 7.35. The number of hydrogen-bond acceptors (Lipinski definition) is 6. The molecule has 1 aromatic heterocycles. The van der Waals surface area contributed by atoms with Crippen molar-refractivity contribution in [3.63, 3.8) is 0 Å². The maximum absolute atomic E-state index is 6.35. The van der Waals surface area contributed by atoms with Gasteiger partial charge in [0.05, 0.1) is 10.7 Å². The van der Waals surface area contributed by atoms with E-state index in [2.05, 4.69) is 25.5 Å². The van der Waals surface area contributed by atoms with Crippen molar-refractivity contribution in [3.8, 4) is 5.75 Å². The number of ether oxygens (including phenoxy) is 1. The van der Waals surface area contributed by atoms with E-state index < -0.39 is 0 Å². The van der Waals surface area contributed by atoms with E-state index >= 15 is 0 Å². The molecule has 0 radical (unpaired) electrons. The molecular weight excluding hydrogens is 445 g/mol. The lowest BCUT2D eigenvalue weighted by molar-refractivity contribution is 0.238. The van der Waals surface area contributed by atoms with Gasteiger partial charge in [0, 0.05) is 35.1 Å². The number of benzene rings is 2. The van der Waals surface area contributed by atoms with Crippen LogP contribution in [0.2, 0.25) is 10.0 Å². The van der Waals surface area contributed by atoms with Gasteiger partial charge in [-0.3, -0.25) is 4.90 Å². The first-order valence-electron chi connectivity index (χ1n) is 10.8. The molecule has 168 valence electrons. The predicted molar refractivity (Wildman–Crippen MR) is 132 cm³/mol. The highest BCUT2D eigenvalue weighted by molar-refractivity contribution is 6.36. The number of nitrogens with zero attached hydrogens (tertiary/aromatic N) is 3. The molecule has 0 bridgehead atoms. The van der Waals surface area contributed by atoms with Gasteiger partial charge in [-0.1, -0.05) is 29.3 Å². The summed E-state index contributed by atoms with van der Waals surface area (Å²) in [6.07, 6.45) is 4.35. The Balaban J connectivity index is 1.43. The van der Waals surface area contributed by atoms with Crippen LogP contribution >= 0.6 is 23.2 Å². The molecule has 3 aromatic rings. The fraction of sp³-hybridized carbons (Fsp3) is 0.333. The fourth-order valence-electron chi connectivity index (χ4n) is 3.60. The Morgan fingerprint density at radius 1 is 1.00 bits per heavy atom. The molecule has 0 aliphatic carbocycles. The normalized spacial score (nSPS) is 13.9. The second kappa shape index (κ2) is 10.4. The third-order valence-corrected chi connectivity index (χ3v) is 6.16. The summed E-state index contributed by atoms with van der Waals surface area (Å²) in [4.78, 5) is 11.5. The van der Waals surface area contributed by atoms with Crippen LogP contribution in [0.4, 0.5) is 23.1 Å². The topological polar surface area (TPSA) is 62.3 Å². The molecule has 8 heteroatoms. The van der Waals surface area contributed by atoms with Gasteiger partial charge in [-0.2, -0.15) is 4.98 Å². The van der Waals surface area contributed by atoms with Crippen molar-refractivity contribution in [1.29, 1.82) is 0 Å². The van der Waals surface area contributed by atoms with Crippen molar-refractivity contribution < 1.29 is 4.74 Å². The molecule has 2 N–H and O–H groups in total. The van der Waals surface area contributed by atoms with E-state index in [1.807, 2.05) is 44.2 Å². The molecular formula is C24H27Cl2N5O. The molecule has 0 unspecified atom stereocenters. The standard InChI is InChI=1S/C24H27Cl2N5O/c1-16-12-22(21(26)14-20(16)25)29-23-17(2)15-27-24(30-23)28-18-6-5-7-19(13-18)32-11-10-31-8-3-4-9-31/h5-7,12-15H,3-4,8-11H2,1-2H3,(H2,27,28,29,30). The Bertz CT molecular complexity index is 1090. The Morgan fingerprint density at radius 3 is 2.62 bits per heavy atom. The maximum Gasteiger partial charge on any atom is 0.229 e. The SMILES string of the molecule is Cc1cc(Nc2nc(Nc3cccc(OCCN4CCCC4)c3)ncc2C)c(Cl)cc1Cl. The highest BCUT2D eigenvalue weighted by Gasteiger charge is 2.12. The first-order valence-corrected chi connectivity index (χ1v) is 11.5. The second-order valence-electron chi connectivity index (χ2n) is 7.98. The average Bonchev–Trinajstić information content (AvgIpc) is 3.28. The van der Waals surface area contributed by atoms with E-state index in [9.17, 15) is 0 Å². The van der Waals surface area contributed by atoms with Gasteiger partial charge in [0.25, 0.3) is 0 Å². The van der Waals surface area contributed by atoms with Crippen LogP contribution < -0.4 is 15.4 Å². The molecule has 32 heavy (non-hydrogen) atoms. The van der Waals surface area contributed by atoms with Crippen molar-refractivity contribution in [3.05, 3.63) is 63.8 Å². The van der Waals surface area contributed by atoms with Crippen molar-refractivity contribution in [2.24, 2.45) is 0 Å². The summed E-state index contributed by atoms with van der Waals surface area (Å²) in [5.41, 5.74) is 3.44. The van der Waals surface area contributed by atoms with Gasteiger partial charge in [0.15, 0.2) is 0 Å². The van der Waals surface area contributed by atoms with Crippen molar-refractivity contribution >= 4 is 46.3 Å². The van der Waals surface area contributed by atoms with E-state index in [1.165, 1.54) is 25.9 Å². The number of nitrogens with one attached hydrogen (secondary N) is 2. The quantitative estimate of drug-likeness (QED) is 0.398. The predicted octanol–water partition coefficient (Wildman–Crippen LogP) is 6.36. The van der Waals surface area contributed by atoms with Crippen LogP contribution in [0.25, 0.3) is 0 Å². The number of hydrogen-bond donors (Lipinski definition) is 2. The minimum atomic E-state index is 0.481. The van der Waals surface area contributed by atoms with E-state index in [4.69, 9.17) is 27.9 Å².